The summed E-state index contributed by atoms with van der Waals surface area (Å²) in [6.07, 6.45) is 2.04. The molecule has 0 saturated heterocycles. The molecule has 1 aromatic heterocycles. The molecule has 4 rings (SSSR count). The molecule has 1 aliphatic heterocycles. The fourth-order valence-corrected chi connectivity index (χ4v) is 2.60. The molecule has 4 heteroatoms. The summed E-state index contributed by atoms with van der Waals surface area (Å²) in [6, 6.07) is 20.4. The van der Waals surface area contributed by atoms with Gasteiger partial charge in [-0.25, -0.2) is 0 Å². The number of nitrogens with zero attached hydrogens (tertiary/aromatic N) is 2. The molecular formula is C17H14N4. The Balaban J connectivity index is 1.98. The van der Waals surface area contributed by atoms with Crippen molar-refractivity contribution >= 4 is 28.6 Å². The summed E-state index contributed by atoms with van der Waals surface area (Å²) in [5, 5.41) is 5.42. The van der Waals surface area contributed by atoms with Gasteiger partial charge in [0.1, 0.15) is 0 Å². The second-order valence-electron chi connectivity index (χ2n) is 4.98. The molecule has 0 amide bonds. The van der Waals surface area contributed by atoms with E-state index in [1.165, 1.54) is 0 Å². The van der Waals surface area contributed by atoms with E-state index in [4.69, 9.17) is 5.73 Å². The second kappa shape index (κ2) is 4.52. The predicted octanol–water partition coefficient (Wildman–Crippen LogP) is 2.82. The summed E-state index contributed by atoms with van der Waals surface area (Å²) < 4.78 is 2.08. The van der Waals surface area contributed by atoms with Gasteiger partial charge in [0.25, 0.3) is 0 Å². The lowest BCUT2D eigenvalue weighted by molar-refractivity contribution is 0.994. The van der Waals surface area contributed by atoms with E-state index in [9.17, 15) is 0 Å². The normalized spacial score (nSPS) is 13.9. The Morgan fingerprint density at radius 3 is 2.57 bits per heavy atom. The van der Waals surface area contributed by atoms with Gasteiger partial charge in [-0.1, -0.05) is 48.5 Å². The van der Waals surface area contributed by atoms with Crippen LogP contribution in [-0.2, 0) is 0 Å². The monoisotopic (exact) mass is 274 g/mol. The molecule has 0 bridgehead atoms. The molecule has 0 unspecified atom stereocenters. The zero-order chi connectivity index (χ0) is 14.2. The minimum Gasteiger partial charge on any atom is -0.381 e. The van der Waals surface area contributed by atoms with Crippen LogP contribution in [0.3, 0.4) is 0 Å². The van der Waals surface area contributed by atoms with Crippen molar-refractivity contribution in [2.75, 3.05) is 0 Å². The highest BCUT2D eigenvalue weighted by Gasteiger charge is 2.14. The highest BCUT2D eigenvalue weighted by molar-refractivity contribution is 6.04. The van der Waals surface area contributed by atoms with Crippen molar-refractivity contribution < 1.29 is 0 Å². The van der Waals surface area contributed by atoms with Crippen LogP contribution in [-0.4, -0.2) is 10.4 Å². The zero-order valence-corrected chi connectivity index (χ0v) is 11.3. The second-order valence-corrected chi connectivity index (χ2v) is 4.98. The Labute approximate surface area is 122 Å². The largest absolute Gasteiger partial charge is 0.381 e. The molecule has 0 fully saturated rings. The van der Waals surface area contributed by atoms with Gasteiger partial charge in [0.05, 0.1) is 16.9 Å². The molecule has 0 spiro atoms. The van der Waals surface area contributed by atoms with Crippen molar-refractivity contribution in [3.8, 4) is 0 Å². The first-order valence-corrected chi connectivity index (χ1v) is 6.80. The molecule has 2 aromatic carbocycles. The number of aromatic nitrogens is 1. The Hall–Kier alpha value is -3.01. The average molecular weight is 274 g/mol. The van der Waals surface area contributed by atoms with Gasteiger partial charge in [0.2, 0.25) is 0 Å². The topological polar surface area (TPSA) is 55.3 Å². The number of nitrogens with two attached hydrogens (primary N) is 1. The molecule has 0 atom stereocenters. The van der Waals surface area contributed by atoms with E-state index in [-0.39, 0.29) is 0 Å². The molecule has 3 N–H and O–H groups in total. The van der Waals surface area contributed by atoms with Gasteiger partial charge in [-0.05, 0) is 12.1 Å². The van der Waals surface area contributed by atoms with Crippen molar-refractivity contribution in [1.29, 1.82) is 0 Å². The maximum atomic E-state index is 6.08. The number of benzene rings is 2. The fourth-order valence-electron chi connectivity index (χ4n) is 2.60. The van der Waals surface area contributed by atoms with Gasteiger partial charge >= 0.3 is 0 Å². The number of amidine groups is 1. The first-order valence-electron chi connectivity index (χ1n) is 6.80. The summed E-state index contributed by atoms with van der Waals surface area (Å²) in [5.74, 6) is 0.480. The molecule has 0 aliphatic carbocycles. The Morgan fingerprint density at radius 2 is 1.71 bits per heavy atom. The van der Waals surface area contributed by atoms with Crippen LogP contribution < -0.4 is 11.2 Å². The van der Waals surface area contributed by atoms with E-state index in [1.807, 2.05) is 48.7 Å². The van der Waals surface area contributed by atoms with Crippen molar-refractivity contribution in [3.05, 3.63) is 71.9 Å². The first kappa shape index (κ1) is 11.8. The van der Waals surface area contributed by atoms with E-state index in [2.05, 4.69) is 33.3 Å². The maximum absolute atomic E-state index is 6.08. The molecular weight excluding hydrogens is 260 g/mol. The van der Waals surface area contributed by atoms with Gasteiger partial charge in [-0.15, -0.1) is 0 Å². The van der Waals surface area contributed by atoms with Crippen molar-refractivity contribution in [1.82, 2.24) is 9.99 Å². The van der Waals surface area contributed by atoms with E-state index >= 15 is 0 Å². The molecule has 1 aliphatic rings. The molecule has 102 valence electrons. The molecule has 0 radical (unpaired) electrons. The van der Waals surface area contributed by atoms with Gasteiger partial charge in [-0.3, -0.25) is 5.43 Å². The van der Waals surface area contributed by atoms with E-state index in [1.54, 1.807) is 0 Å². The van der Waals surface area contributed by atoms with Crippen LogP contribution in [0.15, 0.2) is 65.8 Å². The Morgan fingerprint density at radius 1 is 0.952 bits per heavy atom. The maximum Gasteiger partial charge on any atom is 0.168 e. The van der Waals surface area contributed by atoms with Crippen molar-refractivity contribution in [3.63, 3.8) is 0 Å². The summed E-state index contributed by atoms with van der Waals surface area (Å²) in [4.78, 5) is 0. The fraction of sp³-hybridized carbons (Fsp3) is 0. The smallest absolute Gasteiger partial charge is 0.168 e. The minimum atomic E-state index is 0.480. The highest BCUT2D eigenvalue weighted by atomic mass is 15.3. The van der Waals surface area contributed by atoms with Crippen LogP contribution in [0, 0.1) is 0 Å². The van der Waals surface area contributed by atoms with Crippen molar-refractivity contribution in [2.24, 2.45) is 10.8 Å². The summed E-state index contributed by atoms with van der Waals surface area (Å²) in [7, 11) is 0. The number of hydrogen-bond donors (Lipinski definition) is 2. The van der Waals surface area contributed by atoms with Gasteiger partial charge in [-0.2, -0.15) is 5.10 Å². The molecule has 2 heterocycles. The predicted molar refractivity (Wildman–Crippen MR) is 86.4 cm³/mol. The molecule has 3 aromatic rings. The number of hydrogen-bond acceptors (Lipinski definition) is 3. The van der Waals surface area contributed by atoms with Crippen LogP contribution in [0.1, 0.15) is 11.3 Å². The minimum absolute atomic E-state index is 0.480. The highest BCUT2D eigenvalue weighted by Crippen LogP contribution is 2.24. The Bertz CT molecular complexity index is 872. The number of fused-ring (bicyclic) bond motifs is 3. The van der Waals surface area contributed by atoms with Gasteiger partial charge < -0.3 is 10.3 Å². The van der Waals surface area contributed by atoms with E-state index in [0.29, 0.717) is 5.84 Å². The van der Waals surface area contributed by atoms with Crippen LogP contribution in [0.5, 0.6) is 0 Å². The first-order chi connectivity index (χ1) is 10.3. The standard InChI is InChI=1S/C17H14N4/c18-17-16-10-13-8-4-5-9-15(13)21(16)11-14(19-20-17)12-6-2-1-3-7-12/h1-11,19H,(H2,18,20). The van der Waals surface area contributed by atoms with E-state index < -0.39 is 0 Å². The lowest BCUT2D eigenvalue weighted by Gasteiger charge is -2.06. The SMILES string of the molecule is NC1=NNC(c2ccccc2)=Cn2c1cc1ccccc12. The van der Waals surface area contributed by atoms with Gasteiger partial charge in [0.15, 0.2) is 5.84 Å². The van der Waals surface area contributed by atoms with Gasteiger partial charge in [0, 0.05) is 17.1 Å². The third-order valence-electron chi connectivity index (χ3n) is 3.65. The van der Waals surface area contributed by atoms with Crippen LogP contribution in [0.2, 0.25) is 0 Å². The lowest BCUT2D eigenvalue weighted by Crippen LogP contribution is -2.17. The van der Waals surface area contributed by atoms with Crippen LogP contribution in [0.4, 0.5) is 0 Å². The Kier molecular flexibility index (Phi) is 2.54. The lowest BCUT2D eigenvalue weighted by atomic mass is 10.2. The summed E-state index contributed by atoms with van der Waals surface area (Å²) in [5.41, 5.74) is 13.1. The van der Waals surface area contributed by atoms with E-state index in [0.717, 1.165) is 27.9 Å². The molecule has 21 heavy (non-hydrogen) atoms. The number of hydrazone groups is 1. The quantitative estimate of drug-likeness (QED) is 0.717. The number of para-hydroxylation sites is 1. The molecule has 4 nitrogen and oxygen atoms in total. The average Bonchev–Trinajstić information content (AvgIpc) is 2.82. The summed E-state index contributed by atoms with van der Waals surface area (Å²) in [6.45, 7) is 0. The number of nitrogens with one attached hydrogen (secondary N) is 1. The van der Waals surface area contributed by atoms with Crippen LogP contribution >= 0.6 is 0 Å². The van der Waals surface area contributed by atoms with Crippen molar-refractivity contribution in [2.45, 2.75) is 0 Å². The third kappa shape index (κ3) is 1.89. The summed E-state index contributed by atoms with van der Waals surface area (Å²) >= 11 is 0. The van der Waals surface area contributed by atoms with Crippen LogP contribution in [0.25, 0.3) is 22.8 Å². The molecule has 0 saturated carbocycles. The third-order valence-corrected chi connectivity index (χ3v) is 3.65. The number of rotatable bonds is 1. The zero-order valence-electron chi connectivity index (χ0n) is 11.3.